The Morgan fingerprint density at radius 3 is 2.65 bits per heavy atom. The summed E-state index contributed by atoms with van der Waals surface area (Å²) in [4.78, 5) is 6.63. The summed E-state index contributed by atoms with van der Waals surface area (Å²) in [7, 11) is 0. The molecule has 0 fully saturated rings. The van der Waals surface area contributed by atoms with Crippen LogP contribution in [0.1, 0.15) is 22.9 Å². The number of imidazole rings is 1. The quantitative estimate of drug-likeness (QED) is 0.848. The second-order valence-corrected chi connectivity index (χ2v) is 3.59. The second kappa shape index (κ2) is 4.21. The molecule has 1 heterocycles. The smallest absolute Gasteiger partial charge is 0.351 e. The summed E-state index contributed by atoms with van der Waals surface area (Å²) in [5.74, 6) is 0. The SMILES string of the molecule is NC(c1cccc(C(F)(F)F)c1)c1c[nH]cn1. The maximum absolute atomic E-state index is 12.5. The molecule has 0 aliphatic carbocycles. The van der Waals surface area contributed by atoms with Crippen LogP contribution < -0.4 is 5.73 Å². The van der Waals surface area contributed by atoms with Crippen molar-refractivity contribution in [1.82, 2.24) is 9.97 Å². The molecule has 2 rings (SSSR count). The van der Waals surface area contributed by atoms with E-state index in [1.165, 1.54) is 12.4 Å². The highest BCUT2D eigenvalue weighted by Crippen LogP contribution is 2.31. The van der Waals surface area contributed by atoms with Crippen LogP contribution in [0.3, 0.4) is 0 Å². The van der Waals surface area contributed by atoms with Gasteiger partial charge in [-0.1, -0.05) is 12.1 Å². The van der Waals surface area contributed by atoms with Gasteiger partial charge in [-0.3, -0.25) is 0 Å². The van der Waals surface area contributed by atoms with Crippen LogP contribution in [0, 0.1) is 0 Å². The van der Waals surface area contributed by atoms with Crippen molar-refractivity contribution in [2.75, 3.05) is 0 Å². The number of H-pyrrole nitrogens is 1. The lowest BCUT2D eigenvalue weighted by atomic mass is 10.0. The van der Waals surface area contributed by atoms with E-state index in [9.17, 15) is 13.2 Å². The molecule has 1 unspecified atom stereocenters. The molecule has 3 nitrogen and oxygen atoms in total. The molecule has 0 amide bonds. The Bertz CT molecular complexity index is 491. The summed E-state index contributed by atoms with van der Waals surface area (Å²) in [6, 6.07) is 4.28. The van der Waals surface area contributed by atoms with Crippen LogP contribution in [-0.2, 0) is 6.18 Å². The van der Waals surface area contributed by atoms with Gasteiger partial charge < -0.3 is 10.7 Å². The van der Waals surface area contributed by atoms with Gasteiger partial charge in [0.15, 0.2) is 0 Å². The molecule has 17 heavy (non-hydrogen) atoms. The molecule has 1 aromatic heterocycles. The molecule has 6 heteroatoms. The Kier molecular flexibility index (Phi) is 2.89. The number of nitrogens with two attached hydrogens (primary N) is 1. The molecule has 0 bridgehead atoms. The summed E-state index contributed by atoms with van der Waals surface area (Å²) >= 11 is 0. The van der Waals surface area contributed by atoms with E-state index in [4.69, 9.17) is 5.73 Å². The fourth-order valence-electron chi connectivity index (χ4n) is 1.52. The molecule has 1 aromatic carbocycles. The van der Waals surface area contributed by atoms with Crippen LogP contribution in [0.4, 0.5) is 13.2 Å². The van der Waals surface area contributed by atoms with Gasteiger partial charge in [-0.15, -0.1) is 0 Å². The minimum Gasteiger partial charge on any atom is -0.351 e. The van der Waals surface area contributed by atoms with Crippen molar-refractivity contribution in [3.63, 3.8) is 0 Å². The number of halogens is 3. The minimum absolute atomic E-state index is 0.381. The molecule has 90 valence electrons. The highest BCUT2D eigenvalue weighted by Gasteiger charge is 2.30. The van der Waals surface area contributed by atoms with Crippen molar-refractivity contribution in [2.24, 2.45) is 5.73 Å². The Balaban J connectivity index is 2.34. The van der Waals surface area contributed by atoms with Gasteiger partial charge in [0, 0.05) is 6.20 Å². The van der Waals surface area contributed by atoms with Gasteiger partial charge in [0.25, 0.3) is 0 Å². The molecule has 0 spiro atoms. The first-order chi connectivity index (χ1) is 7.98. The van der Waals surface area contributed by atoms with Crippen molar-refractivity contribution in [2.45, 2.75) is 12.2 Å². The number of benzene rings is 1. The summed E-state index contributed by atoms with van der Waals surface area (Å²) in [5.41, 5.74) is 6.00. The van der Waals surface area contributed by atoms with E-state index in [0.29, 0.717) is 11.3 Å². The lowest BCUT2D eigenvalue weighted by Crippen LogP contribution is -2.14. The molecule has 3 N–H and O–H groups in total. The van der Waals surface area contributed by atoms with E-state index < -0.39 is 17.8 Å². The van der Waals surface area contributed by atoms with Gasteiger partial charge in [0.05, 0.1) is 23.6 Å². The van der Waals surface area contributed by atoms with Crippen molar-refractivity contribution in [3.8, 4) is 0 Å². The molecule has 2 aromatic rings. The number of rotatable bonds is 2. The third-order valence-corrected chi connectivity index (χ3v) is 2.41. The predicted octanol–water partition coefficient (Wildman–Crippen LogP) is 2.48. The van der Waals surface area contributed by atoms with E-state index in [0.717, 1.165) is 12.1 Å². The highest BCUT2D eigenvalue weighted by atomic mass is 19.4. The van der Waals surface area contributed by atoms with Crippen molar-refractivity contribution in [3.05, 3.63) is 53.6 Å². The molecule has 0 saturated carbocycles. The van der Waals surface area contributed by atoms with Gasteiger partial charge >= 0.3 is 6.18 Å². The van der Waals surface area contributed by atoms with Crippen LogP contribution in [0.15, 0.2) is 36.8 Å². The van der Waals surface area contributed by atoms with Gasteiger partial charge in [0.1, 0.15) is 0 Å². The van der Waals surface area contributed by atoms with Gasteiger partial charge in [-0.25, -0.2) is 4.98 Å². The van der Waals surface area contributed by atoms with Crippen molar-refractivity contribution >= 4 is 0 Å². The maximum atomic E-state index is 12.5. The van der Waals surface area contributed by atoms with E-state index in [1.54, 1.807) is 12.3 Å². The van der Waals surface area contributed by atoms with E-state index in [-0.39, 0.29) is 0 Å². The lowest BCUT2D eigenvalue weighted by molar-refractivity contribution is -0.137. The zero-order valence-corrected chi connectivity index (χ0v) is 8.70. The highest BCUT2D eigenvalue weighted by molar-refractivity contribution is 5.31. The number of alkyl halides is 3. The Morgan fingerprint density at radius 1 is 1.29 bits per heavy atom. The van der Waals surface area contributed by atoms with E-state index >= 15 is 0 Å². The monoisotopic (exact) mass is 241 g/mol. The normalized spacial score (nSPS) is 13.6. The summed E-state index contributed by atoms with van der Waals surface area (Å²) in [6.45, 7) is 0. The van der Waals surface area contributed by atoms with Crippen LogP contribution in [0.25, 0.3) is 0 Å². The molecule has 0 aliphatic heterocycles. The number of hydrogen-bond donors (Lipinski definition) is 2. The predicted molar refractivity (Wildman–Crippen MR) is 56.1 cm³/mol. The topological polar surface area (TPSA) is 54.7 Å². The van der Waals surface area contributed by atoms with Crippen LogP contribution in [0.5, 0.6) is 0 Å². The van der Waals surface area contributed by atoms with Crippen LogP contribution >= 0.6 is 0 Å². The Hall–Kier alpha value is -1.82. The molecule has 0 aliphatic rings. The molecule has 1 atom stereocenters. The lowest BCUT2D eigenvalue weighted by Gasteiger charge is -2.12. The van der Waals surface area contributed by atoms with Gasteiger partial charge in [0.2, 0.25) is 0 Å². The van der Waals surface area contributed by atoms with Crippen molar-refractivity contribution in [1.29, 1.82) is 0 Å². The standard InChI is InChI=1S/C11H10F3N3/c12-11(13,14)8-3-1-2-7(4-8)10(15)9-5-16-6-17-9/h1-6,10H,15H2,(H,16,17). The van der Waals surface area contributed by atoms with Crippen LogP contribution in [-0.4, -0.2) is 9.97 Å². The minimum atomic E-state index is -4.36. The number of nitrogens with one attached hydrogen (secondary N) is 1. The Morgan fingerprint density at radius 2 is 2.06 bits per heavy atom. The third kappa shape index (κ3) is 2.47. The number of aromatic nitrogens is 2. The van der Waals surface area contributed by atoms with Crippen LogP contribution in [0.2, 0.25) is 0 Å². The van der Waals surface area contributed by atoms with E-state index in [2.05, 4.69) is 9.97 Å². The first kappa shape index (κ1) is 11.7. The molecule has 0 saturated heterocycles. The summed E-state index contributed by atoms with van der Waals surface area (Å²) < 4.78 is 37.5. The molecule has 0 radical (unpaired) electrons. The average molecular weight is 241 g/mol. The number of nitrogens with zero attached hydrogens (tertiary/aromatic N) is 1. The number of hydrogen-bond acceptors (Lipinski definition) is 2. The van der Waals surface area contributed by atoms with Gasteiger partial charge in [-0.2, -0.15) is 13.2 Å². The zero-order valence-electron chi connectivity index (χ0n) is 8.70. The second-order valence-electron chi connectivity index (χ2n) is 3.59. The molecular formula is C11H10F3N3. The van der Waals surface area contributed by atoms with E-state index in [1.807, 2.05) is 0 Å². The fraction of sp³-hybridized carbons (Fsp3) is 0.182. The summed E-state index contributed by atoms with van der Waals surface area (Å²) in [5, 5.41) is 0. The van der Waals surface area contributed by atoms with Crippen molar-refractivity contribution < 1.29 is 13.2 Å². The fourth-order valence-corrected chi connectivity index (χ4v) is 1.52. The van der Waals surface area contributed by atoms with Gasteiger partial charge in [-0.05, 0) is 17.7 Å². The average Bonchev–Trinajstić information content (AvgIpc) is 2.80. The summed E-state index contributed by atoms with van der Waals surface area (Å²) in [6.07, 6.45) is -1.37. The number of aromatic amines is 1. The first-order valence-electron chi connectivity index (χ1n) is 4.90. The first-order valence-corrected chi connectivity index (χ1v) is 4.90. The molecular weight excluding hydrogens is 231 g/mol. The Labute approximate surface area is 95.5 Å². The third-order valence-electron chi connectivity index (χ3n) is 2.41. The zero-order chi connectivity index (χ0) is 12.5. The largest absolute Gasteiger partial charge is 0.416 e. The maximum Gasteiger partial charge on any atom is 0.416 e.